The molecule has 2 N–H and O–H groups in total. The minimum absolute atomic E-state index is 0.0424. The summed E-state index contributed by atoms with van der Waals surface area (Å²) in [5.74, 6) is -0.217. The summed E-state index contributed by atoms with van der Waals surface area (Å²) in [6.07, 6.45) is 5.57. The third-order valence-corrected chi connectivity index (χ3v) is 3.79. The van der Waals surface area contributed by atoms with Crippen molar-refractivity contribution in [3.05, 3.63) is 66.1 Å². The molecule has 0 spiro atoms. The van der Waals surface area contributed by atoms with Crippen molar-refractivity contribution in [3.63, 3.8) is 0 Å². The van der Waals surface area contributed by atoms with E-state index >= 15 is 0 Å². The first-order valence-corrected chi connectivity index (χ1v) is 8.12. The summed E-state index contributed by atoms with van der Waals surface area (Å²) in [6.45, 7) is 0.467. The number of nitrogens with one attached hydrogen (secondary N) is 1. The summed E-state index contributed by atoms with van der Waals surface area (Å²) < 4.78 is 1.70. The lowest BCUT2D eigenvalue weighted by molar-refractivity contribution is 0.0951. The second-order valence-electron chi connectivity index (χ2n) is 5.60. The van der Waals surface area contributed by atoms with Crippen molar-refractivity contribution in [2.75, 3.05) is 13.2 Å². The van der Waals surface area contributed by atoms with Gasteiger partial charge in [-0.1, -0.05) is 0 Å². The van der Waals surface area contributed by atoms with Crippen LogP contribution in [0.5, 0.6) is 0 Å². The Labute approximate surface area is 150 Å². The van der Waals surface area contributed by atoms with Crippen LogP contribution in [0.3, 0.4) is 0 Å². The number of aromatic nitrogens is 3. The van der Waals surface area contributed by atoms with Gasteiger partial charge in [-0.15, -0.1) is 0 Å². The molecule has 0 bridgehead atoms. The predicted octanol–water partition coefficient (Wildman–Crippen LogP) is 1.92. The molecule has 3 aromatic rings. The van der Waals surface area contributed by atoms with Gasteiger partial charge in [0, 0.05) is 31.1 Å². The highest BCUT2D eigenvalue weighted by molar-refractivity contribution is 5.94. The number of amides is 1. The van der Waals surface area contributed by atoms with Gasteiger partial charge in [0.25, 0.3) is 5.91 Å². The standard InChI is InChI=1S/C19H17N5O2/c20-10-14-2-5-17(6-3-14)24-13-16(12-23-24)18-7-4-15(11-22-18)19(26)21-8-1-9-25/h2-7,11-13,25H,1,8-9H2,(H,21,26). The zero-order valence-electron chi connectivity index (χ0n) is 14.0. The highest BCUT2D eigenvalue weighted by Gasteiger charge is 2.08. The molecular formula is C19H17N5O2. The van der Waals surface area contributed by atoms with E-state index in [-0.39, 0.29) is 12.5 Å². The maximum atomic E-state index is 11.9. The molecule has 0 fully saturated rings. The van der Waals surface area contributed by atoms with Crippen LogP contribution in [0.4, 0.5) is 0 Å². The number of benzene rings is 1. The largest absolute Gasteiger partial charge is 0.396 e. The molecule has 0 aliphatic heterocycles. The maximum Gasteiger partial charge on any atom is 0.252 e. The average Bonchev–Trinajstić information content (AvgIpc) is 3.18. The van der Waals surface area contributed by atoms with Crippen LogP contribution in [0.1, 0.15) is 22.3 Å². The van der Waals surface area contributed by atoms with E-state index in [0.29, 0.717) is 29.8 Å². The lowest BCUT2D eigenvalue weighted by atomic mass is 10.2. The molecule has 3 rings (SSSR count). The van der Waals surface area contributed by atoms with Crippen LogP contribution in [0.25, 0.3) is 16.9 Å². The molecular weight excluding hydrogens is 330 g/mol. The van der Waals surface area contributed by atoms with Crippen LogP contribution < -0.4 is 5.32 Å². The molecule has 2 aromatic heterocycles. The van der Waals surface area contributed by atoms with Crippen molar-refractivity contribution in [2.24, 2.45) is 0 Å². The van der Waals surface area contributed by atoms with E-state index in [9.17, 15) is 4.79 Å². The van der Waals surface area contributed by atoms with E-state index in [1.165, 1.54) is 6.20 Å². The smallest absolute Gasteiger partial charge is 0.252 e. The normalized spacial score (nSPS) is 10.3. The van der Waals surface area contributed by atoms with E-state index in [4.69, 9.17) is 10.4 Å². The Balaban J connectivity index is 1.72. The molecule has 7 heteroatoms. The van der Waals surface area contributed by atoms with Gasteiger partial charge in [0.05, 0.1) is 34.8 Å². The fourth-order valence-corrected chi connectivity index (χ4v) is 2.37. The first-order valence-electron chi connectivity index (χ1n) is 8.12. The van der Waals surface area contributed by atoms with Gasteiger partial charge in [0.15, 0.2) is 0 Å². The van der Waals surface area contributed by atoms with Crippen molar-refractivity contribution < 1.29 is 9.90 Å². The average molecular weight is 347 g/mol. The Morgan fingerprint density at radius 3 is 2.65 bits per heavy atom. The van der Waals surface area contributed by atoms with E-state index in [1.807, 2.05) is 18.3 Å². The van der Waals surface area contributed by atoms with E-state index in [1.54, 1.807) is 35.1 Å². The lowest BCUT2D eigenvalue weighted by Gasteiger charge is -2.04. The maximum absolute atomic E-state index is 11.9. The van der Waals surface area contributed by atoms with Crippen molar-refractivity contribution in [2.45, 2.75) is 6.42 Å². The number of hydrogen-bond donors (Lipinski definition) is 2. The van der Waals surface area contributed by atoms with Gasteiger partial charge < -0.3 is 10.4 Å². The van der Waals surface area contributed by atoms with Gasteiger partial charge >= 0.3 is 0 Å². The number of aliphatic hydroxyl groups is 1. The van der Waals surface area contributed by atoms with Crippen molar-refractivity contribution in [1.29, 1.82) is 5.26 Å². The second kappa shape index (κ2) is 8.05. The number of hydrogen-bond acceptors (Lipinski definition) is 5. The van der Waals surface area contributed by atoms with Gasteiger partial charge in [-0.25, -0.2) is 4.68 Å². The molecule has 26 heavy (non-hydrogen) atoms. The van der Waals surface area contributed by atoms with Crippen LogP contribution in [-0.4, -0.2) is 38.9 Å². The number of aliphatic hydroxyl groups excluding tert-OH is 1. The van der Waals surface area contributed by atoms with Crippen LogP contribution >= 0.6 is 0 Å². The molecule has 130 valence electrons. The van der Waals surface area contributed by atoms with E-state index in [0.717, 1.165) is 11.3 Å². The molecule has 0 saturated carbocycles. The zero-order chi connectivity index (χ0) is 18.4. The van der Waals surface area contributed by atoms with Crippen molar-refractivity contribution in [3.8, 4) is 23.0 Å². The van der Waals surface area contributed by atoms with Crippen LogP contribution in [0.2, 0.25) is 0 Å². The van der Waals surface area contributed by atoms with Gasteiger partial charge in [0.1, 0.15) is 0 Å². The number of pyridine rings is 1. The molecule has 0 saturated heterocycles. The Morgan fingerprint density at radius 2 is 2.00 bits per heavy atom. The van der Waals surface area contributed by atoms with E-state index < -0.39 is 0 Å². The number of rotatable bonds is 6. The Bertz CT molecular complexity index is 924. The molecule has 0 aliphatic rings. The minimum atomic E-state index is -0.217. The second-order valence-corrected chi connectivity index (χ2v) is 5.60. The summed E-state index contributed by atoms with van der Waals surface area (Å²) in [5, 5.41) is 24.6. The van der Waals surface area contributed by atoms with Gasteiger partial charge in [-0.2, -0.15) is 10.4 Å². The molecule has 1 amide bonds. The molecule has 0 atom stereocenters. The minimum Gasteiger partial charge on any atom is -0.396 e. The Hall–Kier alpha value is -3.50. The third kappa shape index (κ3) is 3.94. The molecule has 1 aromatic carbocycles. The van der Waals surface area contributed by atoms with E-state index in [2.05, 4.69) is 21.5 Å². The number of carbonyl (C=O) groups excluding carboxylic acids is 1. The molecule has 0 unspecified atom stereocenters. The summed E-state index contributed by atoms with van der Waals surface area (Å²) in [6, 6.07) is 12.7. The van der Waals surface area contributed by atoms with Gasteiger partial charge in [-0.3, -0.25) is 9.78 Å². The molecule has 0 radical (unpaired) electrons. The van der Waals surface area contributed by atoms with Crippen LogP contribution in [0, 0.1) is 11.3 Å². The van der Waals surface area contributed by atoms with Gasteiger partial charge in [0.2, 0.25) is 0 Å². The van der Waals surface area contributed by atoms with Gasteiger partial charge in [-0.05, 0) is 42.8 Å². The van der Waals surface area contributed by atoms with Crippen LogP contribution in [-0.2, 0) is 0 Å². The quantitative estimate of drug-likeness (QED) is 0.663. The Morgan fingerprint density at radius 1 is 1.19 bits per heavy atom. The topological polar surface area (TPSA) is 104 Å². The fourth-order valence-electron chi connectivity index (χ4n) is 2.37. The molecule has 2 heterocycles. The summed E-state index contributed by atoms with van der Waals surface area (Å²) >= 11 is 0. The number of nitriles is 1. The summed E-state index contributed by atoms with van der Waals surface area (Å²) in [7, 11) is 0. The molecule has 7 nitrogen and oxygen atoms in total. The third-order valence-electron chi connectivity index (χ3n) is 3.79. The van der Waals surface area contributed by atoms with Crippen LogP contribution in [0.15, 0.2) is 55.0 Å². The lowest BCUT2D eigenvalue weighted by Crippen LogP contribution is -2.25. The summed E-state index contributed by atoms with van der Waals surface area (Å²) in [5.41, 5.74) is 3.43. The highest BCUT2D eigenvalue weighted by Crippen LogP contribution is 2.18. The first-order chi connectivity index (χ1) is 12.7. The number of carbonyl (C=O) groups is 1. The molecule has 0 aliphatic carbocycles. The monoisotopic (exact) mass is 347 g/mol. The fraction of sp³-hybridized carbons (Fsp3) is 0.158. The Kier molecular flexibility index (Phi) is 5.37. The van der Waals surface area contributed by atoms with Crippen molar-refractivity contribution >= 4 is 5.91 Å². The SMILES string of the molecule is N#Cc1ccc(-n2cc(-c3ccc(C(=O)NCCCO)cn3)cn2)cc1. The summed E-state index contributed by atoms with van der Waals surface area (Å²) in [4.78, 5) is 16.3. The van der Waals surface area contributed by atoms with Crippen molar-refractivity contribution in [1.82, 2.24) is 20.1 Å². The zero-order valence-corrected chi connectivity index (χ0v) is 14.0. The first kappa shape index (κ1) is 17.3. The highest BCUT2D eigenvalue weighted by atomic mass is 16.3. The predicted molar refractivity (Wildman–Crippen MR) is 95.5 cm³/mol. The number of nitrogens with zero attached hydrogens (tertiary/aromatic N) is 4.